The van der Waals surface area contributed by atoms with Crippen LogP contribution in [0.5, 0.6) is 0 Å². The molecule has 16 heavy (non-hydrogen) atoms. The van der Waals surface area contributed by atoms with Crippen molar-refractivity contribution in [1.82, 2.24) is 10.2 Å². The van der Waals surface area contributed by atoms with Crippen LogP contribution in [0.1, 0.15) is 12.8 Å². The van der Waals surface area contributed by atoms with Gasteiger partial charge in [-0.3, -0.25) is 4.90 Å². The summed E-state index contributed by atoms with van der Waals surface area (Å²) in [4.78, 5) is 2.45. The number of morpholine rings is 1. The molecular formula is C12H24N2O2. The highest BCUT2D eigenvalue weighted by Crippen LogP contribution is 2.28. The SMILES string of the molecule is C(COCC1CC1)NCCN1CCOCC1. The minimum atomic E-state index is 0.861. The second-order valence-electron chi connectivity index (χ2n) is 4.72. The van der Waals surface area contributed by atoms with Crippen molar-refractivity contribution in [3.05, 3.63) is 0 Å². The van der Waals surface area contributed by atoms with Crippen LogP contribution in [0.2, 0.25) is 0 Å². The van der Waals surface area contributed by atoms with Crippen LogP contribution in [-0.2, 0) is 9.47 Å². The van der Waals surface area contributed by atoms with Crippen molar-refractivity contribution < 1.29 is 9.47 Å². The van der Waals surface area contributed by atoms with Gasteiger partial charge in [0.25, 0.3) is 0 Å². The molecule has 1 heterocycles. The first-order valence-corrected chi connectivity index (χ1v) is 6.54. The molecule has 1 saturated carbocycles. The van der Waals surface area contributed by atoms with Gasteiger partial charge in [0.05, 0.1) is 19.8 Å². The van der Waals surface area contributed by atoms with Crippen molar-refractivity contribution in [3.8, 4) is 0 Å². The first kappa shape index (κ1) is 12.3. The molecule has 2 aliphatic rings. The van der Waals surface area contributed by atoms with E-state index >= 15 is 0 Å². The molecule has 1 saturated heterocycles. The summed E-state index contributed by atoms with van der Waals surface area (Å²) in [5.74, 6) is 0.883. The maximum Gasteiger partial charge on any atom is 0.0594 e. The van der Waals surface area contributed by atoms with E-state index in [0.717, 1.165) is 65.1 Å². The zero-order chi connectivity index (χ0) is 11.1. The Balaban J connectivity index is 1.33. The summed E-state index contributed by atoms with van der Waals surface area (Å²) in [6.45, 7) is 8.97. The van der Waals surface area contributed by atoms with E-state index < -0.39 is 0 Å². The third-order valence-electron chi connectivity index (χ3n) is 3.18. The Hall–Kier alpha value is -0.160. The Morgan fingerprint density at radius 2 is 2.00 bits per heavy atom. The number of nitrogens with zero attached hydrogens (tertiary/aromatic N) is 1. The molecule has 1 N–H and O–H groups in total. The van der Waals surface area contributed by atoms with Gasteiger partial charge >= 0.3 is 0 Å². The fraction of sp³-hybridized carbons (Fsp3) is 1.00. The summed E-state index contributed by atoms with van der Waals surface area (Å²) in [7, 11) is 0. The number of hydrogen-bond donors (Lipinski definition) is 1. The molecule has 0 unspecified atom stereocenters. The summed E-state index contributed by atoms with van der Waals surface area (Å²) < 4.78 is 10.9. The smallest absolute Gasteiger partial charge is 0.0594 e. The molecule has 1 aliphatic carbocycles. The number of nitrogens with one attached hydrogen (secondary N) is 1. The molecule has 0 bridgehead atoms. The molecule has 0 spiro atoms. The predicted octanol–water partition coefficient (Wildman–Crippen LogP) is 0.335. The monoisotopic (exact) mass is 228 g/mol. The normalized spacial score (nSPS) is 22.5. The van der Waals surface area contributed by atoms with Gasteiger partial charge in [0.15, 0.2) is 0 Å². The van der Waals surface area contributed by atoms with Crippen LogP contribution in [0.3, 0.4) is 0 Å². The largest absolute Gasteiger partial charge is 0.380 e. The van der Waals surface area contributed by atoms with Crippen LogP contribution in [0, 0.1) is 5.92 Å². The molecule has 4 nitrogen and oxygen atoms in total. The van der Waals surface area contributed by atoms with Crippen LogP contribution < -0.4 is 5.32 Å². The number of ether oxygens (including phenoxy) is 2. The highest BCUT2D eigenvalue weighted by molar-refractivity contribution is 4.72. The second kappa shape index (κ2) is 7.22. The van der Waals surface area contributed by atoms with E-state index in [9.17, 15) is 0 Å². The third kappa shape index (κ3) is 5.25. The van der Waals surface area contributed by atoms with Crippen molar-refractivity contribution >= 4 is 0 Å². The minimum absolute atomic E-state index is 0.861. The van der Waals surface area contributed by atoms with Gasteiger partial charge in [-0.1, -0.05) is 0 Å². The average Bonchev–Trinajstić information content (AvgIpc) is 3.13. The Labute approximate surface area is 98.3 Å². The lowest BCUT2D eigenvalue weighted by Gasteiger charge is -2.26. The zero-order valence-corrected chi connectivity index (χ0v) is 10.1. The summed E-state index contributed by atoms with van der Waals surface area (Å²) in [5, 5.41) is 3.42. The van der Waals surface area contributed by atoms with E-state index in [2.05, 4.69) is 10.2 Å². The fourth-order valence-electron chi connectivity index (χ4n) is 1.87. The summed E-state index contributed by atoms with van der Waals surface area (Å²) >= 11 is 0. The predicted molar refractivity (Wildman–Crippen MR) is 63.7 cm³/mol. The average molecular weight is 228 g/mol. The second-order valence-corrected chi connectivity index (χ2v) is 4.72. The van der Waals surface area contributed by atoms with E-state index in [4.69, 9.17) is 9.47 Å². The lowest BCUT2D eigenvalue weighted by atomic mass is 10.4. The van der Waals surface area contributed by atoms with Gasteiger partial charge in [-0.05, 0) is 18.8 Å². The van der Waals surface area contributed by atoms with Gasteiger partial charge < -0.3 is 14.8 Å². The highest BCUT2D eigenvalue weighted by atomic mass is 16.5. The summed E-state index contributed by atoms with van der Waals surface area (Å²) in [6, 6.07) is 0. The first-order valence-electron chi connectivity index (χ1n) is 6.54. The first-order chi connectivity index (χ1) is 7.95. The molecule has 94 valence electrons. The van der Waals surface area contributed by atoms with Crippen LogP contribution >= 0.6 is 0 Å². The molecule has 1 aliphatic heterocycles. The van der Waals surface area contributed by atoms with Crippen molar-refractivity contribution in [2.75, 3.05) is 59.2 Å². The number of hydrogen-bond acceptors (Lipinski definition) is 4. The molecule has 0 aromatic heterocycles. The van der Waals surface area contributed by atoms with Crippen LogP contribution in [0.4, 0.5) is 0 Å². The zero-order valence-electron chi connectivity index (χ0n) is 10.1. The van der Waals surface area contributed by atoms with Crippen molar-refractivity contribution in [1.29, 1.82) is 0 Å². The molecule has 2 rings (SSSR count). The Kier molecular flexibility index (Phi) is 5.55. The van der Waals surface area contributed by atoms with Gasteiger partial charge in [-0.25, -0.2) is 0 Å². The topological polar surface area (TPSA) is 33.7 Å². The van der Waals surface area contributed by atoms with Crippen molar-refractivity contribution in [2.24, 2.45) is 5.92 Å². The minimum Gasteiger partial charge on any atom is -0.380 e. The molecule has 0 amide bonds. The molecule has 4 heteroatoms. The Bertz CT molecular complexity index is 180. The van der Waals surface area contributed by atoms with Crippen molar-refractivity contribution in [3.63, 3.8) is 0 Å². The quantitative estimate of drug-likeness (QED) is 0.607. The molecule has 0 atom stereocenters. The fourth-order valence-corrected chi connectivity index (χ4v) is 1.87. The molecule has 0 aromatic carbocycles. The van der Waals surface area contributed by atoms with E-state index in [1.165, 1.54) is 12.8 Å². The van der Waals surface area contributed by atoms with Crippen LogP contribution in [0.15, 0.2) is 0 Å². The van der Waals surface area contributed by atoms with Gasteiger partial charge in [-0.15, -0.1) is 0 Å². The lowest BCUT2D eigenvalue weighted by molar-refractivity contribution is 0.0381. The molecule has 0 aromatic rings. The van der Waals surface area contributed by atoms with Crippen molar-refractivity contribution in [2.45, 2.75) is 12.8 Å². The van der Waals surface area contributed by atoms with E-state index in [1.54, 1.807) is 0 Å². The molecule has 0 radical (unpaired) electrons. The Morgan fingerprint density at radius 1 is 1.19 bits per heavy atom. The van der Waals surface area contributed by atoms with E-state index in [0.29, 0.717) is 0 Å². The lowest BCUT2D eigenvalue weighted by Crippen LogP contribution is -2.40. The van der Waals surface area contributed by atoms with Gasteiger partial charge in [-0.2, -0.15) is 0 Å². The summed E-state index contributed by atoms with van der Waals surface area (Å²) in [5.41, 5.74) is 0. The van der Waals surface area contributed by atoms with E-state index in [1.807, 2.05) is 0 Å². The Morgan fingerprint density at radius 3 is 2.75 bits per heavy atom. The van der Waals surface area contributed by atoms with Gasteiger partial charge in [0.2, 0.25) is 0 Å². The standard InChI is InChI=1S/C12H24N2O2/c1-2-12(1)11-16-8-4-13-3-5-14-6-9-15-10-7-14/h12-13H,1-11H2. The number of rotatable bonds is 8. The van der Waals surface area contributed by atoms with Gasteiger partial charge in [0.1, 0.15) is 0 Å². The maximum absolute atomic E-state index is 5.55. The third-order valence-corrected chi connectivity index (χ3v) is 3.18. The maximum atomic E-state index is 5.55. The van der Waals surface area contributed by atoms with Crippen LogP contribution in [0.25, 0.3) is 0 Å². The van der Waals surface area contributed by atoms with E-state index in [-0.39, 0.29) is 0 Å². The molecule has 2 fully saturated rings. The highest BCUT2D eigenvalue weighted by Gasteiger charge is 2.20. The molecular weight excluding hydrogens is 204 g/mol. The van der Waals surface area contributed by atoms with Crippen LogP contribution in [-0.4, -0.2) is 64.1 Å². The van der Waals surface area contributed by atoms with Gasteiger partial charge in [0, 0.05) is 39.3 Å². The summed E-state index contributed by atoms with van der Waals surface area (Å²) in [6.07, 6.45) is 2.76.